The summed E-state index contributed by atoms with van der Waals surface area (Å²) in [6.07, 6.45) is 8.05. The number of hydrogen-bond acceptors (Lipinski definition) is 5. The molecule has 9 nitrogen and oxygen atoms in total. The number of halogens is 1. The second kappa shape index (κ2) is 10.7. The van der Waals surface area contributed by atoms with Crippen LogP contribution < -0.4 is 10.6 Å². The number of piperidine rings is 1. The van der Waals surface area contributed by atoms with E-state index in [4.69, 9.17) is 0 Å². The maximum Gasteiger partial charge on any atom is 0.274 e. The van der Waals surface area contributed by atoms with Gasteiger partial charge in [-0.1, -0.05) is 13.8 Å². The van der Waals surface area contributed by atoms with E-state index in [9.17, 15) is 14.0 Å². The van der Waals surface area contributed by atoms with Crippen LogP contribution in [0.15, 0.2) is 55.1 Å². The predicted molar refractivity (Wildman–Crippen MR) is 143 cm³/mol. The summed E-state index contributed by atoms with van der Waals surface area (Å²) in [6.45, 7) is 7.83. The molecule has 38 heavy (non-hydrogen) atoms. The van der Waals surface area contributed by atoms with Gasteiger partial charge < -0.3 is 15.5 Å². The normalized spacial score (nSPS) is 18.0. The molecule has 3 aromatic heterocycles. The lowest BCUT2D eigenvalue weighted by molar-refractivity contribution is 0.0935. The molecule has 2 N–H and O–H groups in total. The van der Waals surface area contributed by atoms with Crippen molar-refractivity contribution in [3.63, 3.8) is 0 Å². The minimum absolute atomic E-state index is 0.0664. The van der Waals surface area contributed by atoms with Crippen LogP contribution in [0.5, 0.6) is 0 Å². The largest absolute Gasteiger partial charge is 0.351 e. The van der Waals surface area contributed by atoms with Crippen molar-refractivity contribution in [2.75, 3.05) is 31.5 Å². The van der Waals surface area contributed by atoms with Gasteiger partial charge in [0.15, 0.2) is 0 Å². The molecule has 2 atom stereocenters. The van der Waals surface area contributed by atoms with Crippen molar-refractivity contribution < 1.29 is 14.0 Å². The number of anilines is 1. The quantitative estimate of drug-likeness (QED) is 0.388. The van der Waals surface area contributed by atoms with Gasteiger partial charge in [0.2, 0.25) is 0 Å². The zero-order valence-electron chi connectivity index (χ0n) is 21.8. The predicted octanol–water partition coefficient (Wildman–Crippen LogP) is 3.83. The van der Waals surface area contributed by atoms with Crippen molar-refractivity contribution in [2.45, 2.75) is 20.3 Å². The molecule has 1 fully saturated rings. The van der Waals surface area contributed by atoms with Crippen LogP contribution in [0.4, 0.5) is 10.1 Å². The van der Waals surface area contributed by atoms with Crippen LogP contribution in [0, 0.1) is 17.7 Å². The first-order valence-corrected chi connectivity index (χ1v) is 12.8. The van der Waals surface area contributed by atoms with E-state index in [-0.39, 0.29) is 22.9 Å². The monoisotopic (exact) mass is 517 g/mol. The molecule has 0 spiro atoms. The third kappa shape index (κ3) is 5.60. The Hall–Kier alpha value is -4.05. The third-order valence-corrected chi connectivity index (χ3v) is 6.92. The van der Waals surface area contributed by atoms with Crippen molar-refractivity contribution in [3.8, 4) is 11.1 Å². The van der Waals surface area contributed by atoms with Gasteiger partial charge >= 0.3 is 0 Å². The molecule has 1 aromatic carbocycles. The Balaban J connectivity index is 1.24. The van der Waals surface area contributed by atoms with E-state index in [2.05, 4.69) is 39.5 Å². The minimum atomic E-state index is -0.626. The highest BCUT2D eigenvalue weighted by atomic mass is 19.1. The summed E-state index contributed by atoms with van der Waals surface area (Å²) >= 11 is 0. The van der Waals surface area contributed by atoms with E-state index in [0.29, 0.717) is 24.0 Å². The second-order valence-corrected chi connectivity index (χ2v) is 10.3. The Morgan fingerprint density at radius 2 is 1.84 bits per heavy atom. The summed E-state index contributed by atoms with van der Waals surface area (Å²) in [6, 6.07) is 7.67. The smallest absolute Gasteiger partial charge is 0.274 e. The van der Waals surface area contributed by atoms with Crippen LogP contribution in [-0.2, 0) is 7.05 Å². The van der Waals surface area contributed by atoms with E-state index >= 15 is 0 Å². The number of fused-ring (bicyclic) bond motifs is 1. The zero-order chi connectivity index (χ0) is 26.8. The molecule has 0 aliphatic carbocycles. The summed E-state index contributed by atoms with van der Waals surface area (Å²) in [5.74, 6) is -0.172. The number of carbonyl (C=O) groups excluding carboxylic acids is 2. The van der Waals surface area contributed by atoms with Gasteiger partial charge in [0.25, 0.3) is 11.8 Å². The number of imidazole rings is 1. The average molecular weight is 518 g/mol. The molecule has 2 amide bonds. The Morgan fingerprint density at radius 3 is 2.58 bits per heavy atom. The average Bonchev–Trinajstić information content (AvgIpc) is 3.50. The van der Waals surface area contributed by atoms with Gasteiger partial charge in [0, 0.05) is 56.7 Å². The van der Waals surface area contributed by atoms with Crippen LogP contribution in [0.3, 0.4) is 0 Å². The van der Waals surface area contributed by atoms with Crippen molar-refractivity contribution in [2.24, 2.45) is 18.9 Å². The van der Waals surface area contributed by atoms with Crippen LogP contribution >= 0.6 is 0 Å². The lowest BCUT2D eigenvalue weighted by Crippen LogP contribution is -2.42. The topological polar surface area (TPSA) is 96.6 Å². The number of nitrogens with zero attached hydrogens (tertiary/aromatic N) is 5. The molecule has 1 aliphatic rings. The van der Waals surface area contributed by atoms with E-state index in [1.807, 2.05) is 25.4 Å². The number of amides is 2. The Labute approximate surface area is 220 Å². The van der Waals surface area contributed by atoms with Crippen LogP contribution in [-0.4, -0.2) is 62.1 Å². The minimum Gasteiger partial charge on any atom is -0.351 e. The molecule has 2 unspecified atom stereocenters. The third-order valence-electron chi connectivity index (χ3n) is 6.92. The first-order chi connectivity index (χ1) is 18.3. The summed E-state index contributed by atoms with van der Waals surface area (Å²) in [7, 11) is 1.84. The number of aromatic nitrogens is 4. The molecule has 0 bridgehead atoms. The standard InChI is InChI=1S/C28H32FN7O2/c1-18-10-19(2)16-35(15-18)9-7-30-27(37)21-4-5-23(29)24(11-21)33-28(38)25-14-31-26-12-20(6-8-36(25)26)22-13-32-34(3)17-22/h4-6,8,11-14,17-19H,7,9-10,15-16H2,1-3H3,(H,30,37)(H,33,38). The number of hydrogen-bond donors (Lipinski definition) is 2. The first kappa shape index (κ1) is 25.6. The lowest BCUT2D eigenvalue weighted by atomic mass is 9.92. The van der Waals surface area contributed by atoms with Crippen molar-refractivity contribution in [3.05, 3.63) is 72.2 Å². The summed E-state index contributed by atoms with van der Waals surface area (Å²) in [4.78, 5) is 32.5. The van der Waals surface area contributed by atoms with Gasteiger partial charge in [0.05, 0.1) is 18.1 Å². The molecular weight excluding hydrogens is 485 g/mol. The van der Waals surface area contributed by atoms with Gasteiger partial charge in [-0.25, -0.2) is 9.37 Å². The molecule has 5 rings (SSSR count). The fourth-order valence-electron chi connectivity index (χ4n) is 5.25. The van der Waals surface area contributed by atoms with Crippen LogP contribution in [0.25, 0.3) is 16.8 Å². The molecule has 0 saturated carbocycles. The van der Waals surface area contributed by atoms with E-state index < -0.39 is 11.7 Å². The van der Waals surface area contributed by atoms with Gasteiger partial charge in [-0.2, -0.15) is 5.10 Å². The molecule has 198 valence electrons. The van der Waals surface area contributed by atoms with Gasteiger partial charge in [-0.3, -0.25) is 18.7 Å². The molecular formula is C28H32FN7O2. The summed E-state index contributed by atoms with van der Waals surface area (Å²) in [5, 5.41) is 9.69. The molecule has 1 aliphatic heterocycles. The van der Waals surface area contributed by atoms with E-state index in [1.54, 1.807) is 21.5 Å². The number of aryl methyl sites for hydroxylation is 1. The van der Waals surface area contributed by atoms with Gasteiger partial charge in [-0.15, -0.1) is 0 Å². The molecule has 4 aromatic rings. The van der Waals surface area contributed by atoms with Crippen molar-refractivity contribution >= 4 is 23.1 Å². The number of likely N-dealkylation sites (tertiary alicyclic amines) is 1. The van der Waals surface area contributed by atoms with E-state index in [1.165, 1.54) is 30.8 Å². The Morgan fingerprint density at radius 1 is 1.05 bits per heavy atom. The number of nitrogens with one attached hydrogen (secondary N) is 2. The second-order valence-electron chi connectivity index (χ2n) is 10.3. The number of carbonyl (C=O) groups is 2. The molecule has 4 heterocycles. The highest BCUT2D eigenvalue weighted by Gasteiger charge is 2.22. The van der Waals surface area contributed by atoms with Crippen LogP contribution in [0.2, 0.25) is 0 Å². The highest BCUT2D eigenvalue weighted by Crippen LogP contribution is 2.23. The van der Waals surface area contributed by atoms with Gasteiger partial charge in [-0.05, 0) is 54.2 Å². The molecule has 1 saturated heterocycles. The fourth-order valence-corrected chi connectivity index (χ4v) is 5.25. The Bertz CT molecular complexity index is 1470. The SMILES string of the molecule is CC1CC(C)CN(CCNC(=O)c2ccc(F)c(NC(=O)c3cnc4cc(-c5cnn(C)c5)ccn34)c2)C1. The number of rotatable bonds is 7. The molecule has 0 radical (unpaired) electrons. The summed E-state index contributed by atoms with van der Waals surface area (Å²) < 4.78 is 17.9. The lowest BCUT2D eigenvalue weighted by Gasteiger charge is -2.34. The van der Waals surface area contributed by atoms with E-state index in [0.717, 1.165) is 30.8 Å². The fraction of sp³-hybridized carbons (Fsp3) is 0.357. The van der Waals surface area contributed by atoms with Crippen molar-refractivity contribution in [1.29, 1.82) is 0 Å². The molecule has 10 heteroatoms. The zero-order valence-corrected chi connectivity index (χ0v) is 21.8. The van der Waals surface area contributed by atoms with Crippen LogP contribution in [0.1, 0.15) is 41.1 Å². The van der Waals surface area contributed by atoms with Gasteiger partial charge in [0.1, 0.15) is 17.2 Å². The highest BCUT2D eigenvalue weighted by molar-refractivity contribution is 6.04. The number of benzene rings is 1. The maximum absolute atomic E-state index is 14.6. The van der Waals surface area contributed by atoms with Crippen molar-refractivity contribution in [1.82, 2.24) is 29.4 Å². The maximum atomic E-state index is 14.6. The first-order valence-electron chi connectivity index (χ1n) is 12.8. The Kier molecular flexibility index (Phi) is 7.24. The summed E-state index contributed by atoms with van der Waals surface area (Å²) in [5.41, 5.74) is 2.88. The number of pyridine rings is 1.